The third kappa shape index (κ3) is 3.61. The molecule has 3 saturated carbocycles. The van der Waals surface area contributed by atoms with E-state index in [2.05, 4.69) is 42.2 Å². The van der Waals surface area contributed by atoms with Crippen molar-refractivity contribution in [1.82, 2.24) is 0 Å². The van der Waals surface area contributed by atoms with Crippen LogP contribution in [0.25, 0.3) is 0 Å². The fourth-order valence-electron chi connectivity index (χ4n) is 7.95. The first-order valence-electron chi connectivity index (χ1n) is 13.0. The maximum atomic E-state index is 13.2. The van der Waals surface area contributed by atoms with E-state index in [-0.39, 0.29) is 23.6 Å². The Kier molecular flexibility index (Phi) is 5.81. The molecule has 5 heteroatoms. The maximum absolute atomic E-state index is 13.2. The number of carbonyl (C=O) groups is 3. The molecular weight excluding hydrogens is 438 g/mol. The number of hydrogen-bond donors (Lipinski definition) is 0. The Morgan fingerprint density at radius 1 is 1.09 bits per heavy atom. The zero-order valence-corrected chi connectivity index (χ0v) is 21.6. The number of ether oxygens (including phenoxy) is 1. The van der Waals surface area contributed by atoms with E-state index >= 15 is 0 Å². The predicted molar refractivity (Wildman–Crippen MR) is 136 cm³/mol. The molecule has 0 heterocycles. The molecule has 0 spiro atoms. The summed E-state index contributed by atoms with van der Waals surface area (Å²) in [6, 6.07) is 8.76. The van der Waals surface area contributed by atoms with E-state index in [9.17, 15) is 14.4 Å². The van der Waals surface area contributed by atoms with Crippen molar-refractivity contribution in [1.29, 1.82) is 0 Å². The van der Waals surface area contributed by atoms with Crippen molar-refractivity contribution in [3.05, 3.63) is 52.6 Å². The van der Waals surface area contributed by atoms with Gasteiger partial charge in [0.05, 0.1) is 0 Å². The van der Waals surface area contributed by atoms with Crippen molar-refractivity contribution in [2.75, 3.05) is 19.0 Å². The molecule has 0 aromatic heterocycles. The van der Waals surface area contributed by atoms with Crippen LogP contribution in [0.2, 0.25) is 0 Å². The Bertz CT molecular complexity index is 1140. The summed E-state index contributed by atoms with van der Waals surface area (Å²) in [5.74, 6) is 0.618. The number of esters is 1. The molecule has 5 nitrogen and oxygen atoms in total. The molecule has 4 aliphatic rings. The smallest absolute Gasteiger partial charge is 0.303 e. The zero-order valence-electron chi connectivity index (χ0n) is 21.6. The van der Waals surface area contributed by atoms with Gasteiger partial charge in [0.2, 0.25) is 0 Å². The van der Waals surface area contributed by atoms with Crippen LogP contribution in [0.4, 0.5) is 5.69 Å². The molecule has 3 fully saturated rings. The molecule has 1 aromatic rings. The van der Waals surface area contributed by atoms with E-state index in [4.69, 9.17) is 4.74 Å². The summed E-state index contributed by atoms with van der Waals surface area (Å²) in [6.07, 6.45) is 7.38. The number of fused-ring (bicyclic) bond motifs is 4. The minimum absolute atomic E-state index is 0.0363. The van der Waals surface area contributed by atoms with Gasteiger partial charge in [-0.05, 0) is 79.7 Å². The van der Waals surface area contributed by atoms with Gasteiger partial charge in [0.1, 0.15) is 5.78 Å². The first-order valence-corrected chi connectivity index (χ1v) is 13.0. The van der Waals surface area contributed by atoms with Crippen LogP contribution in [0, 0.1) is 17.3 Å². The standard InChI is InChI=1S/C30H37NO4/c1-18(32)30(35-19(2)33)15-14-27-25-12-8-21-16-23(34)11-13-24(21)28(25)26(17-29(27,30)3)20-6-9-22(10-7-20)31(4)5/h6-10,25-27H,11-17H2,1-5H3/t25?,26?,27?,29-,30-/m0/s1. The quantitative estimate of drug-likeness (QED) is 0.535. The molecule has 3 unspecified atom stereocenters. The fourth-order valence-corrected chi connectivity index (χ4v) is 7.95. The van der Waals surface area contributed by atoms with Crippen molar-refractivity contribution in [3.63, 3.8) is 0 Å². The van der Waals surface area contributed by atoms with Crippen molar-refractivity contribution in [3.8, 4) is 0 Å². The van der Waals surface area contributed by atoms with Crippen LogP contribution >= 0.6 is 0 Å². The lowest BCUT2D eigenvalue weighted by molar-refractivity contribution is -0.182. The highest BCUT2D eigenvalue weighted by Crippen LogP contribution is 2.67. The lowest BCUT2D eigenvalue weighted by Crippen LogP contribution is -2.57. The second kappa shape index (κ2) is 8.46. The average Bonchev–Trinajstić information content (AvgIpc) is 3.10. The highest BCUT2D eigenvalue weighted by atomic mass is 16.6. The normalized spacial score (nSPS) is 33.9. The number of allylic oxidation sites excluding steroid dienone is 4. The van der Waals surface area contributed by atoms with Crippen molar-refractivity contribution in [2.45, 2.75) is 77.2 Å². The summed E-state index contributed by atoms with van der Waals surface area (Å²) in [5.41, 5.74) is 4.97. The first-order chi connectivity index (χ1) is 16.6. The van der Waals surface area contributed by atoms with Gasteiger partial charge in [0.15, 0.2) is 11.4 Å². The molecule has 5 rings (SSSR count). The number of rotatable bonds is 4. The van der Waals surface area contributed by atoms with Gasteiger partial charge in [-0.25, -0.2) is 0 Å². The highest BCUT2D eigenvalue weighted by Gasteiger charge is 2.67. The minimum Gasteiger partial charge on any atom is -0.451 e. The second-order valence-electron chi connectivity index (χ2n) is 11.5. The lowest BCUT2D eigenvalue weighted by atomic mass is 9.51. The van der Waals surface area contributed by atoms with Crippen molar-refractivity contribution >= 4 is 23.2 Å². The van der Waals surface area contributed by atoms with Gasteiger partial charge in [-0.3, -0.25) is 14.4 Å². The molecule has 0 N–H and O–H groups in total. The largest absolute Gasteiger partial charge is 0.451 e. The Morgan fingerprint density at radius 2 is 1.80 bits per heavy atom. The lowest BCUT2D eigenvalue weighted by Gasteiger charge is -2.54. The van der Waals surface area contributed by atoms with Gasteiger partial charge in [-0.2, -0.15) is 0 Å². The first kappa shape index (κ1) is 24.0. The molecule has 4 aliphatic carbocycles. The molecule has 5 atom stereocenters. The maximum Gasteiger partial charge on any atom is 0.303 e. The zero-order chi connectivity index (χ0) is 25.1. The van der Waals surface area contributed by atoms with Gasteiger partial charge in [0, 0.05) is 50.9 Å². The van der Waals surface area contributed by atoms with Crippen LogP contribution in [0.5, 0.6) is 0 Å². The third-order valence-corrected chi connectivity index (χ3v) is 9.53. The van der Waals surface area contributed by atoms with Gasteiger partial charge >= 0.3 is 5.97 Å². The molecule has 0 radical (unpaired) electrons. The summed E-state index contributed by atoms with van der Waals surface area (Å²) in [4.78, 5) is 39.8. The molecule has 1 aromatic carbocycles. The van der Waals surface area contributed by atoms with Gasteiger partial charge in [0.25, 0.3) is 0 Å². The number of carbonyl (C=O) groups excluding carboxylic acids is 3. The van der Waals surface area contributed by atoms with E-state index < -0.39 is 11.0 Å². The number of benzene rings is 1. The predicted octanol–water partition coefficient (Wildman–Crippen LogP) is 5.54. The summed E-state index contributed by atoms with van der Waals surface area (Å²) in [5, 5.41) is 0. The van der Waals surface area contributed by atoms with E-state index in [1.165, 1.54) is 29.2 Å². The SMILES string of the molecule is CC(=O)O[C@]1(C(C)=O)CCC2C3CC=C4CC(=O)CCC4=C3C(c3ccc(N(C)C)cc3)C[C@@]21C. The summed E-state index contributed by atoms with van der Waals surface area (Å²) >= 11 is 0. The van der Waals surface area contributed by atoms with E-state index in [0.29, 0.717) is 31.0 Å². The molecule has 186 valence electrons. The molecule has 0 bridgehead atoms. The second-order valence-corrected chi connectivity index (χ2v) is 11.5. The van der Waals surface area contributed by atoms with Crippen LogP contribution in [0.3, 0.4) is 0 Å². The molecule has 0 aliphatic heterocycles. The molecular formula is C30H37NO4. The molecule has 0 amide bonds. The average molecular weight is 476 g/mol. The van der Waals surface area contributed by atoms with Crippen LogP contribution in [-0.4, -0.2) is 37.2 Å². The Hall–Kier alpha value is -2.69. The number of hydrogen-bond acceptors (Lipinski definition) is 5. The van der Waals surface area contributed by atoms with Crippen molar-refractivity contribution in [2.24, 2.45) is 17.3 Å². The summed E-state index contributed by atoms with van der Waals surface area (Å²) < 4.78 is 6.00. The number of nitrogens with zero attached hydrogens (tertiary/aromatic N) is 1. The van der Waals surface area contributed by atoms with Gasteiger partial charge < -0.3 is 9.64 Å². The van der Waals surface area contributed by atoms with E-state index in [1.54, 1.807) is 6.92 Å². The highest BCUT2D eigenvalue weighted by molar-refractivity contribution is 5.89. The fraction of sp³-hybridized carbons (Fsp3) is 0.567. The molecule has 0 saturated heterocycles. The third-order valence-electron chi connectivity index (χ3n) is 9.53. The van der Waals surface area contributed by atoms with Crippen LogP contribution < -0.4 is 4.90 Å². The number of anilines is 1. The minimum atomic E-state index is -1.08. The summed E-state index contributed by atoms with van der Waals surface area (Å²) in [7, 11) is 4.08. The number of ketones is 2. The summed E-state index contributed by atoms with van der Waals surface area (Å²) in [6.45, 7) is 5.21. The van der Waals surface area contributed by atoms with Gasteiger partial charge in [-0.15, -0.1) is 0 Å². The number of Topliss-reactive ketones (excluding diaryl/α,β-unsaturated/α-hetero) is 2. The van der Waals surface area contributed by atoms with Gasteiger partial charge in [-0.1, -0.05) is 30.7 Å². The molecule has 35 heavy (non-hydrogen) atoms. The van der Waals surface area contributed by atoms with Crippen LogP contribution in [0.1, 0.15) is 77.2 Å². The van der Waals surface area contributed by atoms with E-state index in [1.807, 2.05) is 14.1 Å². The topological polar surface area (TPSA) is 63.7 Å². The monoisotopic (exact) mass is 475 g/mol. The van der Waals surface area contributed by atoms with Crippen molar-refractivity contribution < 1.29 is 19.1 Å². The van der Waals surface area contributed by atoms with E-state index in [0.717, 1.165) is 31.4 Å². The Morgan fingerprint density at radius 3 is 2.43 bits per heavy atom. The Labute approximate surface area is 208 Å². The Balaban J connectivity index is 1.67. The van der Waals surface area contributed by atoms with Crippen LogP contribution in [-0.2, 0) is 19.1 Å². The van der Waals surface area contributed by atoms with Crippen LogP contribution in [0.15, 0.2) is 47.1 Å².